The Bertz CT molecular complexity index is 846. The highest BCUT2D eigenvalue weighted by Crippen LogP contribution is 2.21. The Morgan fingerprint density at radius 1 is 1.07 bits per heavy atom. The molecule has 0 atom stereocenters. The fraction of sp³-hybridized carbons (Fsp3) is 0.455. The highest BCUT2D eigenvalue weighted by atomic mass is 32.1. The van der Waals surface area contributed by atoms with Gasteiger partial charge in [-0.3, -0.25) is 4.79 Å². The molecule has 0 saturated heterocycles. The van der Waals surface area contributed by atoms with Gasteiger partial charge < -0.3 is 9.47 Å². The first-order chi connectivity index (χ1) is 13.2. The zero-order chi connectivity index (χ0) is 19.1. The number of carbonyl (C=O) groups is 1. The van der Waals surface area contributed by atoms with Crippen molar-refractivity contribution >= 4 is 28.3 Å². The molecule has 3 aromatic rings. The van der Waals surface area contributed by atoms with Gasteiger partial charge in [0.2, 0.25) is 5.91 Å². The average molecular weight is 384 g/mol. The molecule has 2 heterocycles. The van der Waals surface area contributed by atoms with Crippen LogP contribution in [0.1, 0.15) is 50.2 Å². The molecule has 2 aromatic heterocycles. The highest BCUT2D eigenvalue weighted by Gasteiger charge is 2.18. The minimum atomic E-state index is 0.201. The van der Waals surface area contributed by atoms with Crippen LogP contribution in [-0.2, 0) is 17.8 Å². The Hall–Kier alpha value is -2.14. The minimum absolute atomic E-state index is 0.201. The third-order valence-corrected chi connectivity index (χ3v) is 5.73. The summed E-state index contributed by atoms with van der Waals surface area (Å²) in [6.45, 7) is 6.41. The second-order valence-electron chi connectivity index (χ2n) is 6.95. The van der Waals surface area contributed by atoms with Crippen molar-refractivity contribution in [3.8, 4) is 0 Å². The molecule has 0 fully saturated rings. The molecule has 0 spiro atoms. The summed E-state index contributed by atoms with van der Waals surface area (Å²) in [6.07, 6.45) is 5.09. The normalized spacial score (nSPS) is 11.2. The van der Waals surface area contributed by atoms with Crippen molar-refractivity contribution in [2.75, 3.05) is 13.1 Å². The fourth-order valence-electron chi connectivity index (χ4n) is 3.30. The van der Waals surface area contributed by atoms with Gasteiger partial charge in [-0.1, -0.05) is 44.9 Å². The van der Waals surface area contributed by atoms with E-state index in [4.69, 9.17) is 4.98 Å². The SMILES string of the molecule is CCCCN(CCCC)C(=O)Cn1c(Cc2cccs2)nc2ccccc21. The summed E-state index contributed by atoms with van der Waals surface area (Å²) in [4.78, 5) is 21.2. The third-order valence-electron chi connectivity index (χ3n) is 4.86. The van der Waals surface area contributed by atoms with Gasteiger partial charge in [-0.25, -0.2) is 4.98 Å². The van der Waals surface area contributed by atoms with Crippen molar-refractivity contribution in [1.29, 1.82) is 0 Å². The summed E-state index contributed by atoms with van der Waals surface area (Å²) in [5, 5.41) is 2.09. The molecule has 0 N–H and O–H groups in total. The molecule has 0 aliphatic rings. The Balaban J connectivity index is 1.86. The van der Waals surface area contributed by atoms with Crippen molar-refractivity contribution in [1.82, 2.24) is 14.5 Å². The van der Waals surface area contributed by atoms with Gasteiger partial charge in [-0.05, 0) is 36.4 Å². The van der Waals surface area contributed by atoms with E-state index in [2.05, 4.69) is 42.0 Å². The van der Waals surface area contributed by atoms with Gasteiger partial charge in [-0.15, -0.1) is 11.3 Å². The molecule has 5 heteroatoms. The molecule has 1 amide bonds. The molecule has 1 aromatic carbocycles. The molecule has 0 aliphatic heterocycles. The number of amides is 1. The molecular formula is C22H29N3OS. The van der Waals surface area contributed by atoms with Crippen LogP contribution in [0.25, 0.3) is 11.0 Å². The van der Waals surface area contributed by atoms with Crippen molar-refractivity contribution in [2.24, 2.45) is 0 Å². The lowest BCUT2D eigenvalue weighted by Crippen LogP contribution is -2.35. The number of para-hydroxylation sites is 2. The predicted octanol–water partition coefficient (Wildman–Crippen LogP) is 5.12. The molecule has 3 rings (SSSR count). The van der Waals surface area contributed by atoms with Crippen LogP contribution < -0.4 is 0 Å². The first-order valence-corrected chi connectivity index (χ1v) is 10.8. The van der Waals surface area contributed by atoms with Crippen LogP contribution in [0.5, 0.6) is 0 Å². The maximum Gasteiger partial charge on any atom is 0.242 e. The van der Waals surface area contributed by atoms with Crippen LogP contribution >= 0.6 is 11.3 Å². The number of fused-ring (bicyclic) bond motifs is 1. The van der Waals surface area contributed by atoms with Crippen LogP contribution in [0.3, 0.4) is 0 Å². The molecule has 27 heavy (non-hydrogen) atoms. The van der Waals surface area contributed by atoms with Gasteiger partial charge in [0.1, 0.15) is 12.4 Å². The van der Waals surface area contributed by atoms with Crippen LogP contribution in [0.2, 0.25) is 0 Å². The Kier molecular flexibility index (Phi) is 7.04. The number of carbonyl (C=O) groups excluding carboxylic acids is 1. The molecule has 0 saturated carbocycles. The van der Waals surface area contributed by atoms with E-state index in [0.29, 0.717) is 6.54 Å². The Labute approximate surface area is 165 Å². The zero-order valence-corrected chi connectivity index (χ0v) is 17.2. The maximum absolute atomic E-state index is 13.1. The summed E-state index contributed by atoms with van der Waals surface area (Å²) < 4.78 is 2.11. The van der Waals surface area contributed by atoms with E-state index in [-0.39, 0.29) is 5.91 Å². The number of rotatable bonds is 10. The molecule has 144 valence electrons. The predicted molar refractivity (Wildman–Crippen MR) is 113 cm³/mol. The van der Waals surface area contributed by atoms with Crippen LogP contribution in [0, 0.1) is 0 Å². The number of benzene rings is 1. The van der Waals surface area contributed by atoms with E-state index in [0.717, 1.165) is 62.1 Å². The van der Waals surface area contributed by atoms with Gasteiger partial charge in [0.15, 0.2) is 0 Å². The minimum Gasteiger partial charge on any atom is -0.341 e. The first kappa shape index (κ1) is 19.6. The van der Waals surface area contributed by atoms with E-state index in [9.17, 15) is 4.79 Å². The number of nitrogens with zero attached hydrogens (tertiary/aromatic N) is 3. The quantitative estimate of drug-likeness (QED) is 0.487. The van der Waals surface area contributed by atoms with Gasteiger partial charge in [0, 0.05) is 24.4 Å². The number of hydrogen-bond acceptors (Lipinski definition) is 3. The van der Waals surface area contributed by atoms with E-state index < -0.39 is 0 Å². The topological polar surface area (TPSA) is 38.1 Å². The third kappa shape index (κ3) is 4.98. The van der Waals surface area contributed by atoms with Gasteiger partial charge in [-0.2, -0.15) is 0 Å². The van der Waals surface area contributed by atoms with Crippen LogP contribution in [0.4, 0.5) is 0 Å². The summed E-state index contributed by atoms with van der Waals surface area (Å²) in [7, 11) is 0. The summed E-state index contributed by atoms with van der Waals surface area (Å²) in [6, 6.07) is 12.3. The van der Waals surface area contributed by atoms with Gasteiger partial charge in [0.05, 0.1) is 11.0 Å². The zero-order valence-electron chi connectivity index (χ0n) is 16.4. The van der Waals surface area contributed by atoms with Crippen molar-refractivity contribution in [2.45, 2.75) is 52.5 Å². The lowest BCUT2D eigenvalue weighted by atomic mass is 10.2. The maximum atomic E-state index is 13.1. The molecule has 0 radical (unpaired) electrons. The number of thiophene rings is 1. The Morgan fingerprint density at radius 3 is 2.48 bits per heavy atom. The summed E-state index contributed by atoms with van der Waals surface area (Å²) in [5.74, 6) is 1.17. The molecular weight excluding hydrogens is 354 g/mol. The van der Waals surface area contributed by atoms with Gasteiger partial charge in [0.25, 0.3) is 0 Å². The first-order valence-electron chi connectivity index (χ1n) is 9.97. The smallest absolute Gasteiger partial charge is 0.242 e. The number of unbranched alkanes of at least 4 members (excludes halogenated alkanes) is 2. The second kappa shape index (κ2) is 9.70. The number of aromatic nitrogens is 2. The number of imidazole rings is 1. The molecule has 0 bridgehead atoms. The molecule has 4 nitrogen and oxygen atoms in total. The lowest BCUT2D eigenvalue weighted by molar-refractivity contribution is -0.132. The standard InChI is InChI=1S/C22H29N3OS/c1-3-5-13-24(14-6-4-2)22(26)17-25-20-12-8-7-11-19(20)23-21(25)16-18-10-9-15-27-18/h7-12,15H,3-6,13-14,16-17H2,1-2H3. The van der Waals surface area contributed by atoms with E-state index in [1.54, 1.807) is 11.3 Å². The average Bonchev–Trinajstić information content (AvgIpc) is 3.30. The van der Waals surface area contributed by atoms with E-state index in [1.165, 1.54) is 4.88 Å². The fourth-order valence-corrected chi connectivity index (χ4v) is 4.00. The summed E-state index contributed by atoms with van der Waals surface area (Å²) >= 11 is 1.74. The summed E-state index contributed by atoms with van der Waals surface area (Å²) in [5.41, 5.74) is 2.01. The second-order valence-corrected chi connectivity index (χ2v) is 7.98. The van der Waals surface area contributed by atoms with E-state index in [1.807, 2.05) is 23.1 Å². The van der Waals surface area contributed by atoms with Crippen molar-refractivity contribution in [3.63, 3.8) is 0 Å². The van der Waals surface area contributed by atoms with Crippen LogP contribution in [-0.4, -0.2) is 33.4 Å². The van der Waals surface area contributed by atoms with E-state index >= 15 is 0 Å². The van der Waals surface area contributed by atoms with Gasteiger partial charge >= 0.3 is 0 Å². The van der Waals surface area contributed by atoms with Crippen molar-refractivity contribution in [3.05, 3.63) is 52.5 Å². The monoisotopic (exact) mass is 383 g/mol. The largest absolute Gasteiger partial charge is 0.341 e. The highest BCUT2D eigenvalue weighted by molar-refractivity contribution is 7.09. The Morgan fingerprint density at radius 2 is 1.81 bits per heavy atom. The lowest BCUT2D eigenvalue weighted by Gasteiger charge is -2.23. The van der Waals surface area contributed by atoms with Crippen LogP contribution in [0.15, 0.2) is 41.8 Å². The molecule has 0 aliphatic carbocycles. The molecule has 0 unspecified atom stereocenters. The number of hydrogen-bond donors (Lipinski definition) is 0. The van der Waals surface area contributed by atoms with Crippen molar-refractivity contribution < 1.29 is 4.79 Å².